The molecule has 1 aromatic heterocycles. The molecule has 1 aliphatic rings. The summed E-state index contributed by atoms with van der Waals surface area (Å²) in [6.45, 7) is 1.62. The fourth-order valence-corrected chi connectivity index (χ4v) is 3.57. The summed E-state index contributed by atoms with van der Waals surface area (Å²) >= 11 is 0. The number of anilines is 3. The van der Waals surface area contributed by atoms with Gasteiger partial charge in [0.1, 0.15) is 17.9 Å². The van der Waals surface area contributed by atoms with Gasteiger partial charge >= 0.3 is 6.18 Å². The Morgan fingerprint density at radius 3 is 2.53 bits per heavy atom. The molecule has 10 heteroatoms. The summed E-state index contributed by atoms with van der Waals surface area (Å²) in [6, 6.07) is 15.9. The summed E-state index contributed by atoms with van der Waals surface area (Å²) < 4.78 is 47.0. The zero-order valence-corrected chi connectivity index (χ0v) is 18.9. The van der Waals surface area contributed by atoms with Crippen molar-refractivity contribution in [1.29, 1.82) is 0 Å². The average Bonchev–Trinajstić information content (AvgIpc) is 3.30. The van der Waals surface area contributed by atoms with E-state index >= 15 is 0 Å². The molecule has 1 fully saturated rings. The zero-order chi connectivity index (χ0) is 24.1. The molecule has 0 radical (unpaired) electrons. The van der Waals surface area contributed by atoms with E-state index in [0.717, 1.165) is 18.3 Å². The fraction of sp³-hybridized carbons (Fsp3) is 0.333. The number of ether oxygens (including phenoxy) is 1. The Labute approximate surface area is 196 Å². The highest BCUT2D eigenvalue weighted by molar-refractivity contribution is 5.58. The van der Waals surface area contributed by atoms with E-state index in [4.69, 9.17) is 9.57 Å². The van der Waals surface area contributed by atoms with Gasteiger partial charge < -0.3 is 15.0 Å². The van der Waals surface area contributed by atoms with Crippen LogP contribution in [0.15, 0.2) is 60.8 Å². The third-order valence-corrected chi connectivity index (χ3v) is 5.29. The number of halogens is 3. The summed E-state index contributed by atoms with van der Waals surface area (Å²) in [4.78, 5) is 15.7. The van der Waals surface area contributed by atoms with Gasteiger partial charge in [0.05, 0.1) is 12.6 Å². The van der Waals surface area contributed by atoms with Crippen molar-refractivity contribution < 1.29 is 22.7 Å². The largest absolute Gasteiger partial charge is 0.492 e. The quantitative estimate of drug-likeness (QED) is 0.491. The number of hydrogen-bond donors (Lipinski definition) is 1. The van der Waals surface area contributed by atoms with Crippen LogP contribution in [0.5, 0.6) is 5.75 Å². The fourth-order valence-electron chi connectivity index (χ4n) is 3.57. The number of hydrogen-bond acceptors (Lipinski definition) is 7. The van der Waals surface area contributed by atoms with Gasteiger partial charge in [-0.15, -0.1) is 0 Å². The number of likely N-dealkylation sites (N-methyl/N-ethyl adjacent to an activating group) is 1. The van der Waals surface area contributed by atoms with Crippen molar-refractivity contribution in [2.75, 3.05) is 44.2 Å². The summed E-state index contributed by atoms with van der Waals surface area (Å²) in [7, 11) is 3.92. The molecule has 1 unspecified atom stereocenters. The predicted molar refractivity (Wildman–Crippen MR) is 123 cm³/mol. The van der Waals surface area contributed by atoms with Crippen LogP contribution in [0.3, 0.4) is 0 Å². The molecule has 1 N–H and O–H groups in total. The number of rotatable bonds is 8. The first-order valence-corrected chi connectivity index (χ1v) is 10.9. The van der Waals surface area contributed by atoms with Crippen LogP contribution in [0.4, 0.5) is 30.6 Å². The first-order valence-electron chi connectivity index (χ1n) is 10.9. The minimum absolute atomic E-state index is 0.0339. The zero-order valence-electron chi connectivity index (χ0n) is 18.9. The highest BCUT2D eigenvalue weighted by Gasteiger charge is 2.40. The summed E-state index contributed by atoms with van der Waals surface area (Å²) in [5.41, 5.74) is 0.518. The number of benzene rings is 2. The van der Waals surface area contributed by atoms with Gasteiger partial charge in [-0.05, 0) is 43.9 Å². The Bertz CT molecular complexity index is 1080. The minimum Gasteiger partial charge on any atom is -0.492 e. The lowest BCUT2D eigenvalue weighted by molar-refractivity contribution is -0.138. The summed E-state index contributed by atoms with van der Waals surface area (Å²) in [6.07, 6.45) is -3.30. The Hall–Kier alpha value is -3.37. The smallest absolute Gasteiger partial charge is 0.421 e. The van der Waals surface area contributed by atoms with Gasteiger partial charge in [-0.2, -0.15) is 18.2 Å². The van der Waals surface area contributed by atoms with Crippen LogP contribution in [0.1, 0.15) is 23.6 Å². The first-order chi connectivity index (χ1) is 16.3. The van der Waals surface area contributed by atoms with Gasteiger partial charge in [0.15, 0.2) is 5.82 Å². The third kappa shape index (κ3) is 5.75. The molecule has 0 aliphatic carbocycles. The maximum absolute atomic E-state index is 13.8. The molecule has 2 aromatic carbocycles. The SMILES string of the molecule is CN(C)CCOc1ccc(Nc2ncc(C(F)(F)F)c(N3OCCC3c3ccccc3)n2)cc1. The van der Waals surface area contributed by atoms with Gasteiger partial charge in [0.2, 0.25) is 5.95 Å². The van der Waals surface area contributed by atoms with Gasteiger partial charge in [-0.25, -0.2) is 10.0 Å². The monoisotopic (exact) mass is 473 g/mol. The Balaban J connectivity index is 1.56. The highest BCUT2D eigenvalue weighted by Crippen LogP contribution is 2.41. The van der Waals surface area contributed by atoms with Crippen LogP contribution in [-0.4, -0.2) is 48.7 Å². The standard InChI is InChI=1S/C24H26F3N5O2/c1-31(2)13-15-33-19-10-8-18(9-11-19)29-23-28-16-20(24(25,26)27)22(30-23)32-21(12-14-34-32)17-6-4-3-5-7-17/h3-11,16,21H,12-15H2,1-2H3,(H,28,29,30). The molecule has 180 valence electrons. The van der Waals surface area contributed by atoms with Crippen LogP contribution in [-0.2, 0) is 11.0 Å². The van der Waals surface area contributed by atoms with E-state index in [2.05, 4.69) is 15.3 Å². The maximum atomic E-state index is 13.8. The molecule has 4 rings (SSSR count). The topological polar surface area (TPSA) is 62.8 Å². The number of nitrogens with zero attached hydrogens (tertiary/aromatic N) is 4. The number of alkyl halides is 3. The molecule has 0 saturated carbocycles. The van der Waals surface area contributed by atoms with E-state index in [1.165, 1.54) is 5.06 Å². The molecule has 0 spiro atoms. The van der Waals surface area contributed by atoms with Gasteiger partial charge in [-0.1, -0.05) is 30.3 Å². The molecule has 2 heterocycles. The molecule has 1 aliphatic heterocycles. The van der Waals surface area contributed by atoms with Gasteiger partial charge in [-0.3, -0.25) is 4.84 Å². The lowest BCUT2D eigenvalue weighted by Crippen LogP contribution is -2.26. The summed E-state index contributed by atoms with van der Waals surface area (Å²) in [5.74, 6) is 0.407. The third-order valence-electron chi connectivity index (χ3n) is 5.29. The van der Waals surface area contributed by atoms with Crippen molar-refractivity contribution in [3.63, 3.8) is 0 Å². The Morgan fingerprint density at radius 1 is 1.12 bits per heavy atom. The van der Waals surface area contributed by atoms with Crippen molar-refractivity contribution in [3.8, 4) is 5.75 Å². The lowest BCUT2D eigenvalue weighted by atomic mass is 10.0. The molecule has 3 aromatic rings. The van der Waals surface area contributed by atoms with Crippen LogP contribution in [0.25, 0.3) is 0 Å². The molecule has 34 heavy (non-hydrogen) atoms. The number of aromatic nitrogens is 2. The highest BCUT2D eigenvalue weighted by atomic mass is 19.4. The van der Waals surface area contributed by atoms with Crippen LogP contribution < -0.4 is 15.1 Å². The van der Waals surface area contributed by atoms with Crippen molar-refractivity contribution in [2.45, 2.75) is 18.6 Å². The Morgan fingerprint density at radius 2 is 1.85 bits per heavy atom. The van der Waals surface area contributed by atoms with E-state index in [1.54, 1.807) is 24.3 Å². The van der Waals surface area contributed by atoms with Gasteiger partial charge in [0.25, 0.3) is 0 Å². The van der Waals surface area contributed by atoms with Crippen LogP contribution in [0, 0.1) is 0 Å². The molecule has 1 atom stereocenters. The van der Waals surface area contributed by atoms with Crippen LogP contribution >= 0.6 is 0 Å². The minimum atomic E-state index is -4.63. The van der Waals surface area contributed by atoms with E-state index in [9.17, 15) is 13.2 Å². The van der Waals surface area contributed by atoms with Crippen molar-refractivity contribution in [2.24, 2.45) is 0 Å². The molecule has 7 nitrogen and oxygen atoms in total. The lowest BCUT2D eigenvalue weighted by Gasteiger charge is -2.26. The summed E-state index contributed by atoms with van der Waals surface area (Å²) in [5, 5.41) is 4.21. The second kappa shape index (κ2) is 10.3. The molecule has 0 bridgehead atoms. The van der Waals surface area contributed by atoms with Crippen molar-refractivity contribution in [3.05, 3.63) is 71.9 Å². The second-order valence-electron chi connectivity index (χ2n) is 8.10. The molecule has 0 amide bonds. The average molecular weight is 473 g/mol. The number of nitrogens with one attached hydrogen (secondary N) is 1. The van der Waals surface area contributed by atoms with E-state index in [-0.39, 0.29) is 17.8 Å². The normalized spacial score (nSPS) is 16.2. The van der Waals surface area contributed by atoms with E-state index in [0.29, 0.717) is 31.1 Å². The first kappa shape index (κ1) is 23.8. The molecular formula is C24H26F3N5O2. The Kier molecular flexibility index (Phi) is 7.18. The number of hydroxylamine groups is 1. The van der Waals surface area contributed by atoms with Crippen molar-refractivity contribution in [1.82, 2.24) is 14.9 Å². The molecule has 1 saturated heterocycles. The maximum Gasteiger partial charge on any atom is 0.421 e. The van der Waals surface area contributed by atoms with Crippen molar-refractivity contribution >= 4 is 17.5 Å². The van der Waals surface area contributed by atoms with E-state index < -0.39 is 11.7 Å². The molecular weight excluding hydrogens is 447 g/mol. The second-order valence-corrected chi connectivity index (χ2v) is 8.10. The van der Waals surface area contributed by atoms with Gasteiger partial charge in [0, 0.05) is 24.8 Å². The van der Waals surface area contributed by atoms with E-state index in [1.807, 2.05) is 49.3 Å². The predicted octanol–water partition coefficient (Wildman–Crippen LogP) is 5.06. The van der Waals surface area contributed by atoms with Crippen LogP contribution in [0.2, 0.25) is 0 Å².